The van der Waals surface area contributed by atoms with Crippen LogP contribution < -0.4 is 0 Å². The van der Waals surface area contributed by atoms with Crippen molar-refractivity contribution < 1.29 is 9.53 Å². The summed E-state index contributed by atoms with van der Waals surface area (Å²) in [4.78, 5) is 17.8. The summed E-state index contributed by atoms with van der Waals surface area (Å²) in [6, 6.07) is 0. The third kappa shape index (κ3) is 4.02. The number of carbonyl (C=O) groups is 1. The minimum Gasteiger partial charge on any atom is -0.379 e. The molecule has 2 rings (SSSR count). The van der Waals surface area contributed by atoms with Crippen LogP contribution in [0.1, 0.15) is 49.1 Å². The largest absolute Gasteiger partial charge is 0.379 e. The molecule has 1 fully saturated rings. The average molecular weight is 266 g/mol. The number of aromatic amines is 1. The van der Waals surface area contributed by atoms with E-state index in [4.69, 9.17) is 4.74 Å². The van der Waals surface area contributed by atoms with E-state index in [1.165, 1.54) is 12.8 Å². The van der Waals surface area contributed by atoms with Gasteiger partial charge in [0.1, 0.15) is 5.82 Å². The van der Waals surface area contributed by atoms with Crippen LogP contribution in [0.5, 0.6) is 0 Å². The fourth-order valence-electron chi connectivity index (χ4n) is 1.64. The van der Waals surface area contributed by atoms with Gasteiger partial charge in [-0.1, -0.05) is 13.8 Å². The summed E-state index contributed by atoms with van der Waals surface area (Å²) >= 11 is 0. The van der Waals surface area contributed by atoms with Gasteiger partial charge in [-0.25, -0.2) is 4.98 Å². The minimum absolute atomic E-state index is 0.168. The lowest BCUT2D eigenvalue weighted by atomic mass is 10.2. The molecule has 0 saturated heterocycles. The Morgan fingerprint density at radius 1 is 1.53 bits per heavy atom. The van der Waals surface area contributed by atoms with Crippen LogP contribution in [0.2, 0.25) is 0 Å². The Bertz CT molecular complexity index is 426. The van der Waals surface area contributed by atoms with E-state index in [2.05, 4.69) is 15.2 Å². The molecule has 1 aromatic rings. The Morgan fingerprint density at radius 3 is 2.84 bits per heavy atom. The van der Waals surface area contributed by atoms with Gasteiger partial charge in [-0.3, -0.25) is 9.89 Å². The van der Waals surface area contributed by atoms with E-state index in [0.29, 0.717) is 13.2 Å². The Labute approximate surface area is 113 Å². The molecular weight excluding hydrogens is 244 g/mol. The smallest absolute Gasteiger partial charge is 0.293 e. The predicted octanol–water partition coefficient (Wildman–Crippen LogP) is 1.43. The molecule has 1 aliphatic carbocycles. The summed E-state index contributed by atoms with van der Waals surface area (Å²) in [5.74, 6) is 1.79. The second-order valence-corrected chi connectivity index (χ2v) is 5.44. The maximum Gasteiger partial charge on any atom is 0.293 e. The number of amides is 1. The first-order chi connectivity index (χ1) is 9.08. The Balaban J connectivity index is 1.76. The fourth-order valence-corrected chi connectivity index (χ4v) is 1.64. The topological polar surface area (TPSA) is 71.1 Å². The van der Waals surface area contributed by atoms with Crippen molar-refractivity contribution in [3.63, 3.8) is 0 Å². The minimum atomic E-state index is -0.168. The number of nitrogens with one attached hydrogen (secondary N) is 1. The number of carbonyl (C=O) groups excluding carboxylic acids is 1. The molecule has 0 spiro atoms. The molecule has 1 amide bonds. The molecule has 0 radical (unpaired) electrons. The number of hydrogen-bond acceptors (Lipinski definition) is 4. The molecular formula is C13H22N4O2. The van der Waals surface area contributed by atoms with E-state index >= 15 is 0 Å². The first-order valence-electron chi connectivity index (χ1n) is 6.83. The lowest BCUT2D eigenvalue weighted by Gasteiger charge is -2.15. The van der Waals surface area contributed by atoms with E-state index in [0.717, 1.165) is 18.3 Å². The third-order valence-electron chi connectivity index (χ3n) is 3.21. The number of ether oxygens (including phenoxy) is 1. The summed E-state index contributed by atoms with van der Waals surface area (Å²) in [7, 11) is 1.74. The quantitative estimate of drug-likeness (QED) is 0.758. The average Bonchev–Trinajstić information content (AvgIpc) is 3.06. The van der Waals surface area contributed by atoms with E-state index in [9.17, 15) is 4.79 Å². The molecule has 1 aromatic heterocycles. The number of nitrogens with zero attached hydrogens (tertiary/aromatic N) is 3. The van der Waals surface area contributed by atoms with Crippen LogP contribution in [0.15, 0.2) is 0 Å². The fraction of sp³-hybridized carbons (Fsp3) is 0.769. The van der Waals surface area contributed by atoms with Crippen molar-refractivity contribution in [1.29, 1.82) is 0 Å². The molecule has 0 unspecified atom stereocenters. The lowest BCUT2D eigenvalue weighted by Crippen LogP contribution is -2.31. The molecule has 19 heavy (non-hydrogen) atoms. The normalized spacial score (nSPS) is 14.9. The highest BCUT2D eigenvalue weighted by atomic mass is 16.5. The van der Waals surface area contributed by atoms with Gasteiger partial charge in [-0.15, -0.1) is 5.10 Å². The number of hydrogen-bond donors (Lipinski definition) is 1. The maximum atomic E-state index is 12.0. The van der Waals surface area contributed by atoms with E-state index in [1.807, 2.05) is 13.8 Å². The zero-order valence-corrected chi connectivity index (χ0v) is 11.8. The standard InChI is InChI=1S/C13H22N4O2/c1-9(2)11-14-12(16-15-11)13(18)17(3)6-7-19-8-10-4-5-10/h9-10H,4-8H2,1-3H3,(H,14,15,16). The Hall–Kier alpha value is -1.43. The van der Waals surface area contributed by atoms with Crippen LogP contribution in [0, 0.1) is 5.92 Å². The van der Waals surface area contributed by atoms with Gasteiger partial charge in [0, 0.05) is 26.1 Å². The zero-order valence-electron chi connectivity index (χ0n) is 11.8. The van der Waals surface area contributed by atoms with Crippen LogP contribution in [-0.4, -0.2) is 52.8 Å². The first-order valence-corrected chi connectivity index (χ1v) is 6.83. The molecule has 106 valence electrons. The second kappa shape index (κ2) is 6.14. The maximum absolute atomic E-state index is 12.0. The summed E-state index contributed by atoms with van der Waals surface area (Å²) in [5.41, 5.74) is 0. The summed E-state index contributed by atoms with van der Waals surface area (Å²) < 4.78 is 5.52. The molecule has 0 bridgehead atoms. The molecule has 1 saturated carbocycles. The van der Waals surface area contributed by atoms with E-state index in [-0.39, 0.29) is 17.6 Å². The van der Waals surface area contributed by atoms with Gasteiger partial charge >= 0.3 is 0 Å². The lowest BCUT2D eigenvalue weighted by molar-refractivity contribution is 0.0671. The number of H-pyrrole nitrogens is 1. The van der Waals surface area contributed by atoms with Crippen molar-refractivity contribution in [1.82, 2.24) is 20.1 Å². The first kappa shape index (κ1) is 14.0. The van der Waals surface area contributed by atoms with Gasteiger partial charge in [0.05, 0.1) is 6.61 Å². The van der Waals surface area contributed by atoms with Crippen molar-refractivity contribution in [2.24, 2.45) is 5.92 Å². The third-order valence-corrected chi connectivity index (χ3v) is 3.21. The van der Waals surface area contributed by atoms with Crippen LogP contribution in [0.4, 0.5) is 0 Å². The van der Waals surface area contributed by atoms with Crippen molar-refractivity contribution in [2.45, 2.75) is 32.6 Å². The van der Waals surface area contributed by atoms with Crippen molar-refractivity contribution >= 4 is 5.91 Å². The molecule has 0 aromatic carbocycles. The number of likely N-dealkylation sites (N-methyl/N-ethyl adjacent to an activating group) is 1. The monoisotopic (exact) mass is 266 g/mol. The van der Waals surface area contributed by atoms with Gasteiger partial charge in [-0.2, -0.15) is 0 Å². The zero-order chi connectivity index (χ0) is 13.8. The molecule has 1 heterocycles. The SMILES string of the molecule is CC(C)c1nc(C(=O)N(C)CCOCC2CC2)n[nH]1. The van der Waals surface area contributed by atoms with Crippen LogP contribution >= 0.6 is 0 Å². The van der Waals surface area contributed by atoms with Crippen LogP contribution in [0.25, 0.3) is 0 Å². The van der Waals surface area contributed by atoms with Crippen molar-refractivity contribution in [2.75, 3.05) is 26.8 Å². The van der Waals surface area contributed by atoms with Gasteiger partial charge in [0.15, 0.2) is 0 Å². The second-order valence-electron chi connectivity index (χ2n) is 5.44. The van der Waals surface area contributed by atoms with Crippen molar-refractivity contribution in [3.05, 3.63) is 11.6 Å². The molecule has 6 nitrogen and oxygen atoms in total. The highest BCUT2D eigenvalue weighted by Crippen LogP contribution is 2.28. The molecule has 0 atom stereocenters. The van der Waals surface area contributed by atoms with Crippen molar-refractivity contribution in [3.8, 4) is 0 Å². The predicted molar refractivity (Wildman–Crippen MR) is 71.0 cm³/mol. The number of rotatable bonds is 7. The van der Waals surface area contributed by atoms with Gasteiger partial charge in [-0.05, 0) is 18.8 Å². The molecule has 1 aliphatic rings. The summed E-state index contributed by atoms with van der Waals surface area (Å²) in [6.07, 6.45) is 2.56. The van der Waals surface area contributed by atoms with E-state index in [1.54, 1.807) is 11.9 Å². The van der Waals surface area contributed by atoms with Crippen LogP contribution in [-0.2, 0) is 4.74 Å². The molecule has 0 aliphatic heterocycles. The van der Waals surface area contributed by atoms with Crippen LogP contribution in [0.3, 0.4) is 0 Å². The molecule has 6 heteroatoms. The van der Waals surface area contributed by atoms with Gasteiger partial charge in [0.2, 0.25) is 5.82 Å². The number of aromatic nitrogens is 3. The Morgan fingerprint density at radius 2 is 2.26 bits per heavy atom. The molecule has 1 N–H and O–H groups in total. The van der Waals surface area contributed by atoms with E-state index < -0.39 is 0 Å². The summed E-state index contributed by atoms with van der Waals surface area (Å²) in [5, 5.41) is 6.75. The highest BCUT2D eigenvalue weighted by molar-refractivity contribution is 5.90. The highest BCUT2D eigenvalue weighted by Gasteiger charge is 2.21. The van der Waals surface area contributed by atoms with Gasteiger partial charge in [0.25, 0.3) is 5.91 Å². The Kier molecular flexibility index (Phi) is 4.52. The summed E-state index contributed by atoms with van der Waals surface area (Å²) in [6.45, 7) is 5.96. The van der Waals surface area contributed by atoms with Gasteiger partial charge < -0.3 is 9.64 Å².